The number of nitrogens with one attached hydrogen (secondary N) is 1. The first kappa shape index (κ1) is 16.2. The van der Waals surface area contributed by atoms with Crippen LogP contribution in [0.4, 0.5) is 0 Å². The molecule has 0 amide bonds. The van der Waals surface area contributed by atoms with Gasteiger partial charge in [0.25, 0.3) is 0 Å². The molecule has 3 heteroatoms. The third-order valence-electron chi connectivity index (χ3n) is 3.32. The lowest BCUT2D eigenvalue weighted by Gasteiger charge is -2.27. The van der Waals surface area contributed by atoms with Crippen molar-refractivity contribution in [3.05, 3.63) is 35.4 Å². The number of ether oxygens (including phenoxy) is 2. The van der Waals surface area contributed by atoms with Crippen LogP contribution in [0.3, 0.4) is 0 Å². The maximum absolute atomic E-state index is 5.92. The highest BCUT2D eigenvalue weighted by Gasteiger charge is 2.23. The van der Waals surface area contributed by atoms with Crippen LogP contribution in [0, 0.1) is 6.92 Å². The standard InChI is InChI=1S/C16H27NO2/c1-5-11-17-12-19-15(6-2)16(18-4)14-10-8-7-9-13(14)3/h7-10,15-17H,5-6,11-12H2,1-4H3. The van der Waals surface area contributed by atoms with Crippen LogP contribution in [0.25, 0.3) is 0 Å². The number of benzene rings is 1. The van der Waals surface area contributed by atoms with E-state index >= 15 is 0 Å². The highest BCUT2D eigenvalue weighted by molar-refractivity contribution is 5.28. The summed E-state index contributed by atoms with van der Waals surface area (Å²) in [5, 5.41) is 3.27. The number of aryl methyl sites for hydroxylation is 1. The predicted molar refractivity (Wildman–Crippen MR) is 79.3 cm³/mol. The first-order chi connectivity index (χ1) is 9.24. The molecule has 0 fully saturated rings. The molecule has 19 heavy (non-hydrogen) atoms. The van der Waals surface area contributed by atoms with E-state index in [1.807, 2.05) is 0 Å². The first-order valence-electron chi connectivity index (χ1n) is 7.15. The Kier molecular flexibility index (Phi) is 7.72. The van der Waals surface area contributed by atoms with Crippen molar-refractivity contribution in [2.75, 3.05) is 20.4 Å². The summed E-state index contributed by atoms with van der Waals surface area (Å²) in [4.78, 5) is 0. The molecule has 0 bridgehead atoms. The molecular formula is C16H27NO2. The van der Waals surface area contributed by atoms with Gasteiger partial charge < -0.3 is 9.47 Å². The van der Waals surface area contributed by atoms with Gasteiger partial charge >= 0.3 is 0 Å². The molecule has 1 N–H and O–H groups in total. The van der Waals surface area contributed by atoms with E-state index in [4.69, 9.17) is 9.47 Å². The van der Waals surface area contributed by atoms with E-state index in [1.54, 1.807) is 7.11 Å². The van der Waals surface area contributed by atoms with Crippen LogP contribution >= 0.6 is 0 Å². The Balaban J connectivity index is 2.67. The zero-order valence-electron chi connectivity index (χ0n) is 12.6. The first-order valence-corrected chi connectivity index (χ1v) is 7.15. The minimum Gasteiger partial charge on any atom is -0.374 e. The van der Waals surface area contributed by atoms with Crippen molar-refractivity contribution in [3.8, 4) is 0 Å². The maximum Gasteiger partial charge on any atom is 0.109 e. The van der Waals surface area contributed by atoms with Crippen LogP contribution in [-0.4, -0.2) is 26.5 Å². The molecule has 1 rings (SSSR count). The van der Waals surface area contributed by atoms with E-state index in [9.17, 15) is 0 Å². The fourth-order valence-electron chi connectivity index (χ4n) is 2.22. The highest BCUT2D eigenvalue weighted by Crippen LogP contribution is 2.27. The molecule has 3 nitrogen and oxygen atoms in total. The van der Waals surface area contributed by atoms with Gasteiger partial charge in [0.1, 0.15) is 6.10 Å². The number of hydrogen-bond acceptors (Lipinski definition) is 3. The van der Waals surface area contributed by atoms with Gasteiger partial charge in [0.2, 0.25) is 0 Å². The molecule has 2 unspecified atom stereocenters. The van der Waals surface area contributed by atoms with Crippen molar-refractivity contribution in [3.63, 3.8) is 0 Å². The Bertz CT molecular complexity index is 354. The molecule has 0 aliphatic carbocycles. The molecule has 108 valence electrons. The Morgan fingerprint density at radius 2 is 1.95 bits per heavy atom. The number of methoxy groups -OCH3 is 1. The molecule has 0 saturated heterocycles. The molecule has 1 aromatic rings. The van der Waals surface area contributed by atoms with Crippen molar-refractivity contribution >= 4 is 0 Å². The third kappa shape index (κ3) is 4.94. The second-order valence-corrected chi connectivity index (χ2v) is 4.77. The minimum atomic E-state index is -0.00498. The van der Waals surface area contributed by atoms with E-state index < -0.39 is 0 Å². The molecule has 1 aromatic carbocycles. The van der Waals surface area contributed by atoms with Gasteiger partial charge in [-0.1, -0.05) is 38.1 Å². The molecule has 2 atom stereocenters. The summed E-state index contributed by atoms with van der Waals surface area (Å²) in [7, 11) is 1.75. The lowest BCUT2D eigenvalue weighted by atomic mass is 9.98. The van der Waals surface area contributed by atoms with Crippen molar-refractivity contribution < 1.29 is 9.47 Å². The van der Waals surface area contributed by atoms with E-state index in [0.29, 0.717) is 6.73 Å². The summed E-state index contributed by atoms with van der Waals surface area (Å²) >= 11 is 0. The Hall–Kier alpha value is -0.900. The number of rotatable bonds is 9. The third-order valence-corrected chi connectivity index (χ3v) is 3.32. The van der Waals surface area contributed by atoms with Gasteiger partial charge in [0.15, 0.2) is 0 Å². The Morgan fingerprint density at radius 3 is 2.53 bits per heavy atom. The summed E-state index contributed by atoms with van der Waals surface area (Å²) in [6.45, 7) is 7.96. The molecule has 0 aliphatic rings. The SMILES string of the molecule is CCCNCOC(CC)C(OC)c1ccccc1C. The van der Waals surface area contributed by atoms with E-state index in [0.717, 1.165) is 19.4 Å². The van der Waals surface area contributed by atoms with Crippen molar-refractivity contribution in [1.82, 2.24) is 5.32 Å². The summed E-state index contributed by atoms with van der Waals surface area (Å²) < 4.78 is 11.6. The van der Waals surface area contributed by atoms with Gasteiger partial charge in [-0.2, -0.15) is 0 Å². The summed E-state index contributed by atoms with van der Waals surface area (Å²) in [5.74, 6) is 0. The topological polar surface area (TPSA) is 30.5 Å². The van der Waals surface area contributed by atoms with Crippen LogP contribution < -0.4 is 5.32 Å². The van der Waals surface area contributed by atoms with E-state index in [-0.39, 0.29) is 12.2 Å². The maximum atomic E-state index is 5.92. The molecule has 0 spiro atoms. The highest BCUT2D eigenvalue weighted by atomic mass is 16.5. The van der Waals surface area contributed by atoms with Gasteiger partial charge in [-0.15, -0.1) is 0 Å². The van der Waals surface area contributed by atoms with Crippen LogP contribution in [-0.2, 0) is 9.47 Å². The summed E-state index contributed by atoms with van der Waals surface area (Å²) in [6.07, 6.45) is 2.12. The fourth-order valence-corrected chi connectivity index (χ4v) is 2.22. The van der Waals surface area contributed by atoms with Crippen LogP contribution in [0.15, 0.2) is 24.3 Å². The molecule has 0 aromatic heterocycles. The second kappa shape index (κ2) is 9.08. The largest absolute Gasteiger partial charge is 0.374 e. The average Bonchev–Trinajstić information content (AvgIpc) is 2.44. The normalized spacial score (nSPS) is 14.3. The van der Waals surface area contributed by atoms with E-state index in [1.165, 1.54) is 11.1 Å². The predicted octanol–water partition coefficient (Wildman–Crippen LogP) is 3.43. The van der Waals surface area contributed by atoms with Gasteiger partial charge in [-0.25, -0.2) is 0 Å². The average molecular weight is 265 g/mol. The quantitative estimate of drug-likeness (QED) is 0.548. The zero-order chi connectivity index (χ0) is 14.1. The van der Waals surface area contributed by atoms with Crippen LogP contribution in [0.5, 0.6) is 0 Å². The molecular weight excluding hydrogens is 238 g/mol. The van der Waals surface area contributed by atoms with Crippen LogP contribution in [0.1, 0.15) is 43.9 Å². The lowest BCUT2D eigenvalue weighted by Crippen LogP contribution is -2.29. The van der Waals surface area contributed by atoms with Crippen molar-refractivity contribution in [1.29, 1.82) is 0 Å². The van der Waals surface area contributed by atoms with Gasteiger partial charge in [0, 0.05) is 7.11 Å². The minimum absolute atomic E-state index is 0.00498. The Labute approximate surface area is 117 Å². The summed E-state index contributed by atoms with van der Waals surface area (Å²) in [5.41, 5.74) is 2.46. The van der Waals surface area contributed by atoms with E-state index in [2.05, 4.69) is 50.4 Å². The van der Waals surface area contributed by atoms with Crippen molar-refractivity contribution in [2.24, 2.45) is 0 Å². The van der Waals surface area contributed by atoms with Gasteiger partial charge in [-0.05, 0) is 37.4 Å². The fraction of sp³-hybridized carbons (Fsp3) is 0.625. The smallest absolute Gasteiger partial charge is 0.109 e. The van der Waals surface area contributed by atoms with Gasteiger partial charge in [-0.3, -0.25) is 5.32 Å². The molecule has 0 radical (unpaired) electrons. The molecule has 0 saturated carbocycles. The lowest BCUT2D eigenvalue weighted by molar-refractivity contribution is -0.0653. The number of hydrogen-bond donors (Lipinski definition) is 1. The molecule has 0 heterocycles. The zero-order valence-corrected chi connectivity index (χ0v) is 12.6. The monoisotopic (exact) mass is 265 g/mol. The van der Waals surface area contributed by atoms with Crippen molar-refractivity contribution in [2.45, 2.75) is 45.8 Å². The van der Waals surface area contributed by atoms with Gasteiger partial charge in [0.05, 0.1) is 12.8 Å². The second-order valence-electron chi connectivity index (χ2n) is 4.77. The molecule has 0 aliphatic heterocycles. The van der Waals surface area contributed by atoms with Crippen LogP contribution in [0.2, 0.25) is 0 Å². The summed E-state index contributed by atoms with van der Waals surface area (Å²) in [6, 6.07) is 8.34. The Morgan fingerprint density at radius 1 is 1.21 bits per heavy atom.